The largest absolute Gasteiger partial charge is 0.382 e. The van der Waals surface area contributed by atoms with Crippen LogP contribution in [-0.2, 0) is 4.74 Å². The molecule has 1 aromatic heterocycles. The van der Waals surface area contributed by atoms with Gasteiger partial charge in [-0.1, -0.05) is 12.8 Å². The molecular formula is C15H22N4O. The van der Waals surface area contributed by atoms with Crippen molar-refractivity contribution in [2.24, 2.45) is 5.41 Å². The topological polar surface area (TPSA) is 70.8 Å². The first kappa shape index (κ1) is 14.7. The van der Waals surface area contributed by atoms with Crippen molar-refractivity contribution in [3.05, 3.63) is 17.8 Å². The van der Waals surface area contributed by atoms with Gasteiger partial charge >= 0.3 is 0 Å². The molecule has 0 aliphatic heterocycles. The van der Waals surface area contributed by atoms with Gasteiger partial charge in [-0.05, 0) is 43.7 Å². The molecule has 1 aliphatic rings. The van der Waals surface area contributed by atoms with Gasteiger partial charge in [-0.3, -0.25) is 0 Å². The average Bonchev–Trinajstić information content (AvgIpc) is 2.95. The van der Waals surface area contributed by atoms with Gasteiger partial charge in [0.25, 0.3) is 0 Å². The molecule has 1 N–H and O–H groups in total. The lowest BCUT2D eigenvalue weighted by Gasteiger charge is -2.29. The number of nitriles is 1. The van der Waals surface area contributed by atoms with Crippen LogP contribution in [0.3, 0.4) is 0 Å². The van der Waals surface area contributed by atoms with Crippen LogP contribution in [0, 0.1) is 16.7 Å². The van der Waals surface area contributed by atoms with E-state index in [2.05, 4.69) is 15.5 Å². The third-order valence-electron chi connectivity index (χ3n) is 4.07. The van der Waals surface area contributed by atoms with Gasteiger partial charge < -0.3 is 10.1 Å². The van der Waals surface area contributed by atoms with Crippen molar-refractivity contribution in [3.63, 3.8) is 0 Å². The predicted octanol–water partition coefficient (Wildman–Crippen LogP) is 2.75. The quantitative estimate of drug-likeness (QED) is 0.774. The summed E-state index contributed by atoms with van der Waals surface area (Å²) in [6.45, 7) is 4.55. The first-order valence-electron chi connectivity index (χ1n) is 7.33. The zero-order chi connectivity index (χ0) is 14.3. The van der Waals surface area contributed by atoms with Gasteiger partial charge in [-0.15, -0.1) is 10.2 Å². The molecule has 1 heterocycles. The maximum Gasteiger partial charge on any atom is 0.163 e. The van der Waals surface area contributed by atoms with Crippen LogP contribution in [0.5, 0.6) is 0 Å². The fourth-order valence-electron chi connectivity index (χ4n) is 2.84. The van der Waals surface area contributed by atoms with Gasteiger partial charge in [0.05, 0.1) is 0 Å². The summed E-state index contributed by atoms with van der Waals surface area (Å²) < 4.78 is 5.51. The number of anilines is 1. The molecule has 0 saturated heterocycles. The lowest BCUT2D eigenvalue weighted by molar-refractivity contribution is 0.108. The third-order valence-corrected chi connectivity index (χ3v) is 4.07. The third kappa shape index (κ3) is 3.91. The number of hydrogen-bond donors (Lipinski definition) is 1. The molecule has 0 unspecified atom stereocenters. The van der Waals surface area contributed by atoms with Crippen molar-refractivity contribution in [3.8, 4) is 6.07 Å². The molecule has 0 amide bonds. The second-order valence-corrected chi connectivity index (χ2v) is 5.42. The van der Waals surface area contributed by atoms with E-state index in [1.807, 2.05) is 19.1 Å². The van der Waals surface area contributed by atoms with Crippen LogP contribution >= 0.6 is 0 Å². The molecule has 1 aliphatic carbocycles. The Morgan fingerprint density at radius 1 is 1.35 bits per heavy atom. The zero-order valence-corrected chi connectivity index (χ0v) is 12.1. The Morgan fingerprint density at radius 2 is 2.15 bits per heavy atom. The normalized spacial score (nSPS) is 16.8. The van der Waals surface area contributed by atoms with E-state index in [0.717, 1.165) is 32.0 Å². The maximum atomic E-state index is 8.71. The van der Waals surface area contributed by atoms with Crippen molar-refractivity contribution >= 4 is 5.82 Å². The van der Waals surface area contributed by atoms with Crippen LogP contribution < -0.4 is 5.32 Å². The smallest absolute Gasteiger partial charge is 0.163 e. The van der Waals surface area contributed by atoms with E-state index in [-0.39, 0.29) is 0 Å². The highest BCUT2D eigenvalue weighted by atomic mass is 16.5. The number of aromatic nitrogens is 2. The standard InChI is InChI=1S/C15H22N4O/c1-2-20-10-9-15(7-3-4-8-15)12-17-14-6-5-13(11-16)18-19-14/h5-6H,2-4,7-10,12H2,1H3,(H,17,19). The Bertz CT molecular complexity index is 446. The predicted molar refractivity (Wildman–Crippen MR) is 77.2 cm³/mol. The highest BCUT2D eigenvalue weighted by Gasteiger charge is 2.33. The van der Waals surface area contributed by atoms with E-state index in [0.29, 0.717) is 11.1 Å². The molecular weight excluding hydrogens is 252 g/mol. The summed E-state index contributed by atoms with van der Waals surface area (Å²) in [6.07, 6.45) is 6.19. The molecule has 1 aromatic rings. The molecule has 1 saturated carbocycles. The summed E-state index contributed by atoms with van der Waals surface area (Å²) in [5.74, 6) is 0.742. The van der Waals surface area contributed by atoms with E-state index in [9.17, 15) is 0 Å². The highest BCUT2D eigenvalue weighted by Crippen LogP contribution is 2.41. The van der Waals surface area contributed by atoms with Crippen molar-refractivity contribution in [2.75, 3.05) is 25.1 Å². The fourth-order valence-corrected chi connectivity index (χ4v) is 2.84. The second-order valence-electron chi connectivity index (χ2n) is 5.42. The molecule has 0 aromatic carbocycles. The van der Waals surface area contributed by atoms with Crippen LogP contribution in [0.1, 0.15) is 44.7 Å². The monoisotopic (exact) mass is 274 g/mol. The molecule has 1 fully saturated rings. The Labute approximate surface area is 120 Å². The average molecular weight is 274 g/mol. The zero-order valence-electron chi connectivity index (χ0n) is 12.1. The number of nitrogens with zero attached hydrogens (tertiary/aromatic N) is 3. The van der Waals surface area contributed by atoms with E-state index in [4.69, 9.17) is 10.00 Å². The van der Waals surface area contributed by atoms with Gasteiger partial charge in [0, 0.05) is 19.8 Å². The van der Waals surface area contributed by atoms with E-state index >= 15 is 0 Å². The minimum atomic E-state index is 0.324. The van der Waals surface area contributed by atoms with Crippen molar-refractivity contribution in [2.45, 2.75) is 39.0 Å². The van der Waals surface area contributed by atoms with Crippen LogP contribution in [0.2, 0.25) is 0 Å². The number of hydrogen-bond acceptors (Lipinski definition) is 5. The minimum Gasteiger partial charge on any atom is -0.382 e. The molecule has 5 nitrogen and oxygen atoms in total. The fraction of sp³-hybridized carbons (Fsp3) is 0.667. The summed E-state index contributed by atoms with van der Waals surface area (Å²) in [5.41, 5.74) is 0.674. The highest BCUT2D eigenvalue weighted by molar-refractivity contribution is 5.35. The summed E-state index contributed by atoms with van der Waals surface area (Å²) in [4.78, 5) is 0. The molecule has 108 valence electrons. The SMILES string of the molecule is CCOCCC1(CNc2ccc(C#N)nn2)CCCC1. The van der Waals surface area contributed by atoms with Crippen LogP contribution in [0.15, 0.2) is 12.1 Å². The van der Waals surface area contributed by atoms with E-state index < -0.39 is 0 Å². The van der Waals surface area contributed by atoms with Gasteiger partial charge in [0.1, 0.15) is 11.9 Å². The Balaban J connectivity index is 1.89. The molecule has 20 heavy (non-hydrogen) atoms. The van der Waals surface area contributed by atoms with Crippen molar-refractivity contribution in [1.29, 1.82) is 5.26 Å². The van der Waals surface area contributed by atoms with E-state index in [1.54, 1.807) is 6.07 Å². The minimum absolute atomic E-state index is 0.324. The molecule has 0 spiro atoms. The summed E-state index contributed by atoms with van der Waals surface area (Å²) in [5, 5.41) is 19.9. The van der Waals surface area contributed by atoms with Gasteiger partial charge in [0.2, 0.25) is 0 Å². The molecule has 5 heteroatoms. The van der Waals surface area contributed by atoms with Gasteiger partial charge in [-0.25, -0.2) is 0 Å². The van der Waals surface area contributed by atoms with Crippen LogP contribution in [0.25, 0.3) is 0 Å². The summed E-state index contributed by atoms with van der Waals surface area (Å²) in [7, 11) is 0. The number of rotatable bonds is 7. The molecule has 0 atom stereocenters. The Hall–Kier alpha value is -1.67. The maximum absolute atomic E-state index is 8.71. The first-order chi connectivity index (χ1) is 9.78. The van der Waals surface area contributed by atoms with Gasteiger partial charge in [-0.2, -0.15) is 5.26 Å². The molecule has 0 radical (unpaired) electrons. The van der Waals surface area contributed by atoms with Crippen molar-refractivity contribution < 1.29 is 4.74 Å². The Morgan fingerprint density at radius 3 is 2.75 bits per heavy atom. The van der Waals surface area contributed by atoms with Gasteiger partial charge in [0.15, 0.2) is 5.69 Å². The summed E-state index contributed by atoms with van der Waals surface area (Å²) in [6, 6.07) is 5.48. The number of nitrogens with one attached hydrogen (secondary N) is 1. The molecule has 2 rings (SSSR count). The second kappa shape index (κ2) is 7.20. The Kier molecular flexibility index (Phi) is 5.31. The molecule has 0 bridgehead atoms. The first-order valence-corrected chi connectivity index (χ1v) is 7.33. The van der Waals surface area contributed by atoms with Crippen LogP contribution in [-0.4, -0.2) is 30.0 Å². The summed E-state index contributed by atoms with van der Waals surface area (Å²) >= 11 is 0. The van der Waals surface area contributed by atoms with E-state index in [1.165, 1.54) is 25.7 Å². The lowest BCUT2D eigenvalue weighted by Crippen LogP contribution is -2.28. The number of ether oxygens (including phenoxy) is 1. The van der Waals surface area contributed by atoms with Crippen molar-refractivity contribution in [1.82, 2.24) is 10.2 Å². The van der Waals surface area contributed by atoms with Crippen LogP contribution in [0.4, 0.5) is 5.82 Å². The lowest BCUT2D eigenvalue weighted by atomic mass is 9.83.